The zero-order valence-corrected chi connectivity index (χ0v) is 15.0. The summed E-state index contributed by atoms with van der Waals surface area (Å²) in [6.07, 6.45) is 7.66. The van der Waals surface area contributed by atoms with Crippen molar-refractivity contribution in [3.63, 3.8) is 0 Å². The Morgan fingerprint density at radius 2 is 2.30 bits per heavy atom. The minimum absolute atomic E-state index is 0.318. The number of hydrogen-bond acceptors (Lipinski definition) is 5. The molecule has 27 heavy (non-hydrogen) atoms. The minimum atomic E-state index is -0.434. The van der Waals surface area contributed by atoms with Gasteiger partial charge in [0.15, 0.2) is 5.82 Å². The van der Waals surface area contributed by atoms with Crippen molar-refractivity contribution in [1.29, 1.82) is 0 Å². The molecule has 1 saturated heterocycles. The molecule has 1 fully saturated rings. The van der Waals surface area contributed by atoms with E-state index in [9.17, 15) is 9.18 Å². The van der Waals surface area contributed by atoms with E-state index in [4.69, 9.17) is 5.73 Å². The molecule has 0 spiro atoms. The third kappa shape index (κ3) is 3.35. The first-order valence-corrected chi connectivity index (χ1v) is 8.85. The van der Waals surface area contributed by atoms with E-state index in [2.05, 4.69) is 20.3 Å². The molecule has 7 nitrogen and oxygen atoms in total. The lowest BCUT2D eigenvalue weighted by molar-refractivity contribution is 0.102. The lowest BCUT2D eigenvalue weighted by atomic mass is 9.92. The smallest absolute Gasteiger partial charge is 0.257 e. The molecular formula is C19H21FN6O. The molecule has 1 atom stereocenters. The number of amides is 1. The summed E-state index contributed by atoms with van der Waals surface area (Å²) >= 11 is 0. The molecule has 3 aromatic heterocycles. The number of aromatic nitrogens is 3. The molecule has 4 heterocycles. The number of rotatable bonds is 3. The van der Waals surface area contributed by atoms with Gasteiger partial charge in [-0.2, -0.15) is 0 Å². The molecule has 1 amide bonds. The van der Waals surface area contributed by atoms with Crippen molar-refractivity contribution in [2.45, 2.75) is 25.3 Å². The van der Waals surface area contributed by atoms with Gasteiger partial charge in [-0.3, -0.25) is 9.78 Å². The third-order valence-electron chi connectivity index (χ3n) is 4.85. The van der Waals surface area contributed by atoms with Crippen molar-refractivity contribution in [3.05, 3.63) is 48.3 Å². The van der Waals surface area contributed by atoms with Gasteiger partial charge in [0, 0.05) is 37.2 Å². The van der Waals surface area contributed by atoms with Crippen LogP contribution in [-0.4, -0.2) is 39.5 Å². The number of aromatic amines is 1. The second-order valence-corrected chi connectivity index (χ2v) is 7.26. The summed E-state index contributed by atoms with van der Waals surface area (Å²) in [4.78, 5) is 25.5. The Morgan fingerprint density at radius 3 is 3.04 bits per heavy atom. The highest BCUT2D eigenvalue weighted by Crippen LogP contribution is 2.36. The van der Waals surface area contributed by atoms with E-state index in [1.807, 2.05) is 11.8 Å². The monoisotopic (exact) mass is 368 g/mol. The first kappa shape index (κ1) is 17.4. The first-order valence-electron chi connectivity index (χ1n) is 8.85. The van der Waals surface area contributed by atoms with Crippen molar-refractivity contribution in [1.82, 2.24) is 15.0 Å². The number of nitrogens with two attached hydrogens (primary N) is 1. The van der Waals surface area contributed by atoms with Crippen LogP contribution in [0.25, 0.3) is 11.0 Å². The number of anilines is 2. The zero-order valence-electron chi connectivity index (χ0n) is 15.0. The number of carbonyl (C=O) groups is 1. The number of piperidine rings is 1. The molecule has 8 heteroatoms. The van der Waals surface area contributed by atoms with E-state index in [1.54, 1.807) is 24.5 Å². The standard InChI is InChI=1S/C19H21FN6O/c1-19(21)5-3-7-26(11-19)16-13(20)9-23-17-15(16)14(10-24-17)25-18(27)12-4-2-6-22-8-12/h2,4,6,8-10H,3,5,7,11,21H2,1H3,(H,23,24)(H,25,27). The average Bonchev–Trinajstić information content (AvgIpc) is 3.04. The Hall–Kier alpha value is -3.00. The highest BCUT2D eigenvalue weighted by atomic mass is 19.1. The van der Waals surface area contributed by atoms with Gasteiger partial charge in [0.1, 0.15) is 5.65 Å². The second kappa shape index (κ2) is 6.62. The fraction of sp³-hybridized carbons (Fsp3) is 0.316. The molecule has 0 bridgehead atoms. The van der Waals surface area contributed by atoms with Gasteiger partial charge in [-0.15, -0.1) is 0 Å². The molecule has 0 radical (unpaired) electrons. The first-order chi connectivity index (χ1) is 12.9. The van der Waals surface area contributed by atoms with E-state index in [-0.39, 0.29) is 5.91 Å². The Labute approximate surface area is 155 Å². The molecule has 0 saturated carbocycles. The van der Waals surface area contributed by atoms with Crippen molar-refractivity contribution in [3.8, 4) is 0 Å². The number of hydrogen-bond donors (Lipinski definition) is 3. The highest BCUT2D eigenvalue weighted by molar-refractivity contribution is 6.11. The normalized spacial score (nSPS) is 20.0. The molecule has 1 aliphatic heterocycles. The molecule has 1 unspecified atom stereocenters. The van der Waals surface area contributed by atoms with Crippen LogP contribution >= 0.6 is 0 Å². The summed E-state index contributed by atoms with van der Waals surface area (Å²) in [6, 6.07) is 3.36. The van der Waals surface area contributed by atoms with E-state index in [0.717, 1.165) is 12.8 Å². The molecule has 0 aliphatic carbocycles. The number of nitrogens with zero attached hydrogens (tertiary/aromatic N) is 3. The summed E-state index contributed by atoms with van der Waals surface area (Å²) in [5.74, 6) is -0.752. The maximum atomic E-state index is 14.8. The van der Waals surface area contributed by atoms with Crippen molar-refractivity contribution < 1.29 is 9.18 Å². The van der Waals surface area contributed by atoms with Crippen LogP contribution < -0.4 is 16.0 Å². The largest absolute Gasteiger partial charge is 0.367 e. The SMILES string of the molecule is CC1(N)CCCN(c2c(F)cnc3[nH]cc(NC(=O)c4cccnc4)c23)C1. The fourth-order valence-electron chi connectivity index (χ4n) is 3.61. The predicted molar refractivity (Wildman–Crippen MR) is 102 cm³/mol. The molecule has 4 rings (SSSR count). The number of H-pyrrole nitrogens is 1. The van der Waals surface area contributed by atoms with Crippen molar-refractivity contribution >= 4 is 28.3 Å². The number of halogens is 1. The van der Waals surface area contributed by atoms with Crippen LogP contribution in [0.3, 0.4) is 0 Å². The Kier molecular flexibility index (Phi) is 4.27. The van der Waals surface area contributed by atoms with Gasteiger partial charge in [0.05, 0.1) is 28.5 Å². The molecular weight excluding hydrogens is 347 g/mol. The van der Waals surface area contributed by atoms with Crippen LogP contribution in [0.5, 0.6) is 0 Å². The van der Waals surface area contributed by atoms with Crippen LogP contribution in [0.1, 0.15) is 30.1 Å². The highest BCUT2D eigenvalue weighted by Gasteiger charge is 2.30. The number of carbonyl (C=O) groups excluding carboxylic acids is 1. The van der Waals surface area contributed by atoms with Crippen molar-refractivity contribution in [2.75, 3.05) is 23.3 Å². The van der Waals surface area contributed by atoms with Crippen LogP contribution in [0, 0.1) is 5.82 Å². The molecule has 0 aromatic carbocycles. The minimum Gasteiger partial charge on any atom is -0.367 e. The Bertz CT molecular complexity index is 985. The van der Waals surface area contributed by atoms with Crippen molar-refractivity contribution in [2.24, 2.45) is 5.73 Å². The van der Waals surface area contributed by atoms with Gasteiger partial charge in [-0.05, 0) is 31.9 Å². The van der Waals surface area contributed by atoms with Crippen LogP contribution in [-0.2, 0) is 0 Å². The lowest BCUT2D eigenvalue weighted by Crippen LogP contribution is -2.52. The second-order valence-electron chi connectivity index (χ2n) is 7.26. The summed E-state index contributed by atoms with van der Waals surface area (Å²) in [6.45, 7) is 3.20. The fourth-order valence-corrected chi connectivity index (χ4v) is 3.61. The maximum absolute atomic E-state index is 14.8. The van der Waals surface area contributed by atoms with E-state index >= 15 is 0 Å². The summed E-state index contributed by atoms with van der Waals surface area (Å²) in [5.41, 5.74) is 7.74. The maximum Gasteiger partial charge on any atom is 0.257 e. The van der Waals surface area contributed by atoms with E-state index in [0.29, 0.717) is 41.1 Å². The van der Waals surface area contributed by atoms with Gasteiger partial charge >= 0.3 is 0 Å². The number of fused-ring (bicyclic) bond motifs is 1. The number of nitrogens with one attached hydrogen (secondary N) is 2. The van der Waals surface area contributed by atoms with Gasteiger partial charge in [-0.1, -0.05) is 0 Å². The zero-order chi connectivity index (χ0) is 19.0. The summed E-state index contributed by atoms with van der Waals surface area (Å²) in [7, 11) is 0. The molecule has 1 aliphatic rings. The van der Waals surface area contributed by atoms with Gasteiger partial charge < -0.3 is 20.9 Å². The topological polar surface area (TPSA) is 99.9 Å². The molecule has 140 valence electrons. The summed E-state index contributed by atoms with van der Waals surface area (Å²) in [5, 5.41) is 3.38. The third-order valence-corrected chi connectivity index (χ3v) is 4.85. The van der Waals surface area contributed by atoms with E-state index < -0.39 is 11.4 Å². The molecule has 3 aromatic rings. The summed E-state index contributed by atoms with van der Waals surface area (Å²) < 4.78 is 14.8. The predicted octanol–water partition coefficient (Wildman–Crippen LogP) is 2.67. The number of pyridine rings is 2. The van der Waals surface area contributed by atoms with Crippen LogP contribution in [0.2, 0.25) is 0 Å². The lowest BCUT2D eigenvalue weighted by Gasteiger charge is -2.39. The van der Waals surface area contributed by atoms with Gasteiger partial charge in [-0.25, -0.2) is 9.37 Å². The Balaban J connectivity index is 1.75. The van der Waals surface area contributed by atoms with Gasteiger partial charge in [0.25, 0.3) is 5.91 Å². The quantitative estimate of drug-likeness (QED) is 0.660. The molecule has 4 N–H and O–H groups in total. The van der Waals surface area contributed by atoms with Crippen LogP contribution in [0.15, 0.2) is 36.9 Å². The van der Waals surface area contributed by atoms with E-state index in [1.165, 1.54) is 12.4 Å². The van der Waals surface area contributed by atoms with Gasteiger partial charge in [0.2, 0.25) is 0 Å². The van der Waals surface area contributed by atoms with Crippen LogP contribution in [0.4, 0.5) is 15.8 Å². The average molecular weight is 368 g/mol. The Morgan fingerprint density at radius 1 is 1.44 bits per heavy atom.